The second-order valence-corrected chi connectivity index (χ2v) is 7.53. The molecule has 2 N–H and O–H groups in total. The molecule has 2 aliphatic carbocycles. The van der Waals surface area contributed by atoms with Crippen molar-refractivity contribution < 1.29 is 14.2 Å². The van der Waals surface area contributed by atoms with E-state index in [4.69, 9.17) is 14.2 Å². The van der Waals surface area contributed by atoms with Crippen LogP contribution in [0, 0.1) is 5.41 Å². The molecule has 1 saturated heterocycles. The maximum atomic E-state index is 5.99. The average molecular weight is 354 g/mol. The molecule has 6 heteroatoms. The molecule has 1 heterocycles. The molecule has 1 aliphatic heterocycles. The van der Waals surface area contributed by atoms with Gasteiger partial charge in [-0.25, -0.2) is 0 Å². The normalized spacial score (nSPS) is 31.3. The predicted octanol–water partition coefficient (Wildman–Crippen LogP) is 2.08. The van der Waals surface area contributed by atoms with Gasteiger partial charge in [0.2, 0.25) is 0 Å². The lowest BCUT2D eigenvalue weighted by molar-refractivity contribution is -0.125. The van der Waals surface area contributed by atoms with Crippen molar-refractivity contribution >= 4 is 5.96 Å². The van der Waals surface area contributed by atoms with Crippen molar-refractivity contribution in [1.29, 1.82) is 0 Å². The Labute approximate surface area is 152 Å². The highest BCUT2D eigenvalue weighted by Gasteiger charge is 2.56. The van der Waals surface area contributed by atoms with Crippen LogP contribution in [-0.2, 0) is 14.2 Å². The first kappa shape index (κ1) is 18.9. The van der Waals surface area contributed by atoms with Crippen molar-refractivity contribution in [2.75, 3.05) is 40.0 Å². The summed E-state index contributed by atoms with van der Waals surface area (Å²) in [7, 11) is 1.84. The molecule has 1 spiro atoms. The van der Waals surface area contributed by atoms with Gasteiger partial charge in [-0.1, -0.05) is 12.8 Å². The predicted molar refractivity (Wildman–Crippen MR) is 99.0 cm³/mol. The van der Waals surface area contributed by atoms with Gasteiger partial charge in [-0.05, 0) is 39.0 Å². The Morgan fingerprint density at radius 1 is 1.28 bits per heavy atom. The molecule has 3 unspecified atom stereocenters. The summed E-state index contributed by atoms with van der Waals surface area (Å²) in [5, 5.41) is 7.01. The van der Waals surface area contributed by atoms with E-state index in [0.29, 0.717) is 36.9 Å². The van der Waals surface area contributed by atoms with E-state index >= 15 is 0 Å². The molecule has 0 radical (unpaired) electrons. The van der Waals surface area contributed by atoms with Gasteiger partial charge in [0.1, 0.15) is 0 Å². The summed E-state index contributed by atoms with van der Waals surface area (Å²) in [5.74, 6) is 0.881. The molecule has 25 heavy (non-hydrogen) atoms. The van der Waals surface area contributed by atoms with Gasteiger partial charge in [0.05, 0.1) is 25.4 Å². The molecule has 144 valence electrons. The maximum Gasteiger partial charge on any atom is 0.191 e. The molecular formula is C19H35N3O3. The number of hydrogen-bond donors (Lipinski definition) is 2. The molecular weight excluding hydrogens is 318 g/mol. The number of aliphatic imine (C=N–C) groups is 1. The zero-order valence-electron chi connectivity index (χ0n) is 15.9. The van der Waals surface area contributed by atoms with E-state index in [0.717, 1.165) is 45.0 Å². The Bertz CT molecular complexity index is 432. The minimum Gasteiger partial charge on any atom is -0.378 e. The van der Waals surface area contributed by atoms with E-state index < -0.39 is 0 Å². The summed E-state index contributed by atoms with van der Waals surface area (Å²) in [6, 6.07) is 0.477. The lowest BCUT2D eigenvalue weighted by atomic mass is 9.60. The molecule has 6 nitrogen and oxygen atoms in total. The number of ether oxygens (including phenoxy) is 3. The van der Waals surface area contributed by atoms with Gasteiger partial charge in [-0.3, -0.25) is 4.99 Å². The Balaban J connectivity index is 1.37. The van der Waals surface area contributed by atoms with Crippen molar-refractivity contribution in [3.05, 3.63) is 0 Å². The SMILES string of the molecule is CCOC1CC(NC(=NC)NCCOCC2CCCO2)C12CCCC2. The molecule has 2 saturated carbocycles. The van der Waals surface area contributed by atoms with E-state index in [2.05, 4.69) is 22.5 Å². The fourth-order valence-corrected chi connectivity index (χ4v) is 4.68. The summed E-state index contributed by atoms with van der Waals surface area (Å²) < 4.78 is 17.3. The Hall–Kier alpha value is -0.850. The number of nitrogens with one attached hydrogen (secondary N) is 2. The third kappa shape index (κ3) is 4.47. The van der Waals surface area contributed by atoms with Gasteiger partial charge in [0, 0.05) is 38.3 Å². The van der Waals surface area contributed by atoms with Gasteiger partial charge in [0.25, 0.3) is 0 Å². The minimum absolute atomic E-state index is 0.296. The monoisotopic (exact) mass is 353 g/mol. The van der Waals surface area contributed by atoms with Crippen molar-refractivity contribution in [2.45, 2.75) is 70.1 Å². The molecule has 0 bridgehead atoms. The van der Waals surface area contributed by atoms with Gasteiger partial charge in [-0.2, -0.15) is 0 Å². The fraction of sp³-hybridized carbons (Fsp3) is 0.947. The van der Waals surface area contributed by atoms with Crippen LogP contribution in [0.15, 0.2) is 4.99 Å². The molecule has 0 aromatic heterocycles. The van der Waals surface area contributed by atoms with Crippen molar-refractivity contribution in [2.24, 2.45) is 10.4 Å². The van der Waals surface area contributed by atoms with Crippen LogP contribution in [0.5, 0.6) is 0 Å². The zero-order chi connectivity index (χ0) is 17.5. The molecule has 3 atom stereocenters. The quantitative estimate of drug-likeness (QED) is 0.397. The van der Waals surface area contributed by atoms with E-state index in [1.165, 1.54) is 25.7 Å². The molecule has 3 rings (SSSR count). The number of rotatable bonds is 8. The molecule has 0 aromatic carbocycles. The first-order valence-corrected chi connectivity index (χ1v) is 10.1. The average Bonchev–Trinajstić information content (AvgIpc) is 3.31. The standard InChI is InChI=1S/C19H35N3O3/c1-3-24-17-13-16(19(17)8-4-5-9-19)22-18(20-2)21-10-12-23-14-15-7-6-11-25-15/h15-17H,3-14H2,1-2H3,(H2,20,21,22). The summed E-state index contributed by atoms with van der Waals surface area (Å²) in [5.41, 5.74) is 0.323. The van der Waals surface area contributed by atoms with Gasteiger partial charge < -0.3 is 24.8 Å². The zero-order valence-corrected chi connectivity index (χ0v) is 15.9. The summed E-state index contributed by atoms with van der Waals surface area (Å²) >= 11 is 0. The van der Waals surface area contributed by atoms with Crippen LogP contribution in [0.2, 0.25) is 0 Å². The van der Waals surface area contributed by atoms with Crippen molar-refractivity contribution in [3.63, 3.8) is 0 Å². The van der Waals surface area contributed by atoms with E-state index in [9.17, 15) is 0 Å². The van der Waals surface area contributed by atoms with Crippen LogP contribution in [0.1, 0.15) is 51.9 Å². The lowest BCUT2D eigenvalue weighted by Crippen LogP contribution is -2.65. The number of nitrogens with zero attached hydrogens (tertiary/aromatic N) is 1. The van der Waals surface area contributed by atoms with E-state index in [1.54, 1.807) is 0 Å². The highest BCUT2D eigenvalue weighted by Crippen LogP contribution is 2.54. The topological polar surface area (TPSA) is 64.1 Å². The molecule has 3 fully saturated rings. The van der Waals surface area contributed by atoms with Crippen LogP contribution >= 0.6 is 0 Å². The molecule has 0 amide bonds. The van der Waals surface area contributed by atoms with Crippen LogP contribution in [0.25, 0.3) is 0 Å². The third-order valence-corrected chi connectivity index (χ3v) is 6.09. The van der Waals surface area contributed by atoms with Crippen LogP contribution < -0.4 is 10.6 Å². The molecule has 3 aliphatic rings. The first-order chi connectivity index (χ1) is 12.3. The maximum absolute atomic E-state index is 5.99. The highest BCUT2D eigenvalue weighted by molar-refractivity contribution is 5.80. The van der Waals surface area contributed by atoms with Gasteiger partial charge >= 0.3 is 0 Å². The Morgan fingerprint density at radius 3 is 2.80 bits per heavy atom. The first-order valence-electron chi connectivity index (χ1n) is 10.1. The van der Waals surface area contributed by atoms with E-state index in [-0.39, 0.29) is 0 Å². The summed E-state index contributed by atoms with van der Waals surface area (Å²) in [4.78, 5) is 4.38. The lowest BCUT2D eigenvalue weighted by Gasteiger charge is -2.54. The fourth-order valence-electron chi connectivity index (χ4n) is 4.68. The minimum atomic E-state index is 0.296. The largest absolute Gasteiger partial charge is 0.378 e. The van der Waals surface area contributed by atoms with Crippen LogP contribution in [-0.4, -0.2) is 64.2 Å². The second-order valence-electron chi connectivity index (χ2n) is 7.53. The summed E-state index contributed by atoms with van der Waals surface area (Å²) in [6.07, 6.45) is 9.29. The highest BCUT2D eigenvalue weighted by atomic mass is 16.5. The number of guanidine groups is 1. The number of hydrogen-bond acceptors (Lipinski definition) is 4. The second kappa shape index (κ2) is 9.19. The van der Waals surface area contributed by atoms with Gasteiger partial charge in [-0.15, -0.1) is 0 Å². The van der Waals surface area contributed by atoms with Crippen LogP contribution in [0.3, 0.4) is 0 Å². The third-order valence-electron chi connectivity index (χ3n) is 6.09. The summed E-state index contributed by atoms with van der Waals surface area (Å²) in [6.45, 7) is 5.94. The Kier molecular flexibility index (Phi) is 6.96. The van der Waals surface area contributed by atoms with Crippen LogP contribution in [0.4, 0.5) is 0 Å². The van der Waals surface area contributed by atoms with Crippen molar-refractivity contribution in [3.8, 4) is 0 Å². The molecule has 0 aromatic rings. The van der Waals surface area contributed by atoms with E-state index in [1.807, 2.05) is 7.05 Å². The van der Waals surface area contributed by atoms with Crippen molar-refractivity contribution in [1.82, 2.24) is 10.6 Å². The van der Waals surface area contributed by atoms with Gasteiger partial charge in [0.15, 0.2) is 5.96 Å². The Morgan fingerprint density at radius 2 is 2.12 bits per heavy atom. The smallest absolute Gasteiger partial charge is 0.191 e.